The van der Waals surface area contributed by atoms with E-state index in [4.69, 9.17) is 21.7 Å². The molecule has 2 rings (SSSR count). The van der Waals surface area contributed by atoms with Gasteiger partial charge in [-0.05, 0) is 55.2 Å². The number of rotatable bonds is 4. The van der Waals surface area contributed by atoms with Crippen molar-refractivity contribution in [2.45, 2.75) is 11.8 Å². The van der Waals surface area contributed by atoms with E-state index < -0.39 is 0 Å². The van der Waals surface area contributed by atoms with Gasteiger partial charge in [0.05, 0.1) is 11.5 Å². The molecule has 0 unspecified atom stereocenters. The van der Waals surface area contributed by atoms with Crippen molar-refractivity contribution in [1.82, 2.24) is 0 Å². The van der Waals surface area contributed by atoms with Crippen molar-refractivity contribution in [3.8, 4) is 11.5 Å². The Hall–Kier alpha value is -1.52. The van der Waals surface area contributed by atoms with Crippen LogP contribution in [0, 0.1) is 0 Å². The maximum Gasteiger partial charge on any atom is 0.224 e. The van der Waals surface area contributed by atoms with E-state index in [-0.39, 0.29) is 0 Å². The van der Waals surface area contributed by atoms with E-state index in [0.717, 1.165) is 16.4 Å². The summed E-state index contributed by atoms with van der Waals surface area (Å²) in [5.41, 5.74) is 0. The van der Waals surface area contributed by atoms with Gasteiger partial charge in [0, 0.05) is 0 Å². The Morgan fingerprint density at radius 2 is 1.74 bits per heavy atom. The van der Waals surface area contributed by atoms with Gasteiger partial charge in [0.15, 0.2) is 0 Å². The second-order valence-corrected chi connectivity index (χ2v) is 5.29. The Morgan fingerprint density at radius 3 is 2.47 bits per heavy atom. The SMILES string of the molecule is CCOC(=S)Sc1ccccc1Oc1ccccc1. The molecule has 0 spiro atoms. The summed E-state index contributed by atoms with van der Waals surface area (Å²) in [7, 11) is 0. The maximum absolute atomic E-state index is 5.85. The zero-order valence-corrected chi connectivity index (χ0v) is 12.2. The van der Waals surface area contributed by atoms with Crippen LogP contribution >= 0.6 is 24.0 Å². The van der Waals surface area contributed by atoms with Crippen LogP contribution in [0.5, 0.6) is 11.5 Å². The van der Waals surface area contributed by atoms with Crippen LogP contribution in [0.4, 0.5) is 0 Å². The first kappa shape index (κ1) is 13.9. The summed E-state index contributed by atoms with van der Waals surface area (Å²) in [5, 5.41) is 0. The summed E-state index contributed by atoms with van der Waals surface area (Å²) in [5.74, 6) is 1.58. The Morgan fingerprint density at radius 1 is 1.05 bits per heavy atom. The molecule has 2 aromatic carbocycles. The highest BCUT2D eigenvalue weighted by atomic mass is 32.2. The minimum absolute atomic E-state index is 0.506. The standard InChI is InChI=1S/C15H14O2S2/c1-2-16-15(18)19-14-11-7-6-10-13(14)17-12-8-4-3-5-9-12/h3-11H,2H2,1H3. The molecule has 2 nitrogen and oxygen atoms in total. The van der Waals surface area contributed by atoms with Gasteiger partial charge in [-0.25, -0.2) is 0 Å². The lowest BCUT2D eigenvalue weighted by molar-refractivity contribution is 0.346. The highest BCUT2D eigenvalue weighted by Crippen LogP contribution is 2.33. The van der Waals surface area contributed by atoms with Crippen LogP contribution < -0.4 is 4.74 Å². The van der Waals surface area contributed by atoms with Crippen molar-refractivity contribution in [1.29, 1.82) is 0 Å². The molecule has 2 aromatic rings. The van der Waals surface area contributed by atoms with Gasteiger partial charge in [-0.1, -0.05) is 30.3 Å². The second kappa shape index (κ2) is 7.16. The third-order valence-corrected chi connectivity index (χ3v) is 3.49. The van der Waals surface area contributed by atoms with Gasteiger partial charge in [0.25, 0.3) is 0 Å². The lowest BCUT2D eigenvalue weighted by atomic mass is 10.3. The molecule has 0 saturated carbocycles. The van der Waals surface area contributed by atoms with E-state index in [0.29, 0.717) is 11.0 Å². The molecular formula is C15H14O2S2. The third kappa shape index (κ3) is 4.26. The van der Waals surface area contributed by atoms with Crippen LogP contribution in [-0.2, 0) is 4.74 Å². The molecule has 0 radical (unpaired) electrons. The molecule has 0 saturated heterocycles. The van der Waals surface area contributed by atoms with Crippen molar-refractivity contribution in [3.05, 3.63) is 54.6 Å². The van der Waals surface area contributed by atoms with Crippen molar-refractivity contribution in [3.63, 3.8) is 0 Å². The first-order valence-electron chi connectivity index (χ1n) is 5.96. The van der Waals surface area contributed by atoms with Gasteiger partial charge in [-0.2, -0.15) is 0 Å². The zero-order chi connectivity index (χ0) is 13.5. The summed E-state index contributed by atoms with van der Waals surface area (Å²) < 4.78 is 11.6. The van der Waals surface area contributed by atoms with Crippen molar-refractivity contribution in [2.24, 2.45) is 0 Å². The fraction of sp³-hybridized carbons (Fsp3) is 0.133. The minimum Gasteiger partial charge on any atom is -0.479 e. The number of para-hydroxylation sites is 2. The molecule has 0 N–H and O–H groups in total. The number of hydrogen-bond donors (Lipinski definition) is 0. The topological polar surface area (TPSA) is 18.5 Å². The molecule has 98 valence electrons. The highest BCUT2D eigenvalue weighted by molar-refractivity contribution is 8.22. The molecule has 0 aromatic heterocycles. The summed E-state index contributed by atoms with van der Waals surface area (Å²) >= 11 is 6.54. The average molecular weight is 290 g/mol. The van der Waals surface area contributed by atoms with Crippen molar-refractivity contribution in [2.75, 3.05) is 6.61 Å². The van der Waals surface area contributed by atoms with Crippen LogP contribution in [-0.4, -0.2) is 11.0 Å². The first-order chi connectivity index (χ1) is 9.29. The van der Waals surface area contributed by atoms with Gasteiger partial charge in [-0.15, -0.1) is 0 Å². The second-order valence-electron chi connectivity index (χ2n) is 3.65. The predicted octanol–water partition coefficient (Wildman–Crippen LogP) is 4.89. The molecule has 0 heterocycles. The average Bonchev–Trinajstić information content (AvgIpc) is 2.42. The Kier molecular flexibility index (Phi) is 5.24. The molecule has 0 aliphatic carbocycles. The van der Waals surface area contributed by atoms with Gasteiger partial charge < -0.3 is 9.47 Å². The van der Waals surface area contributed by atoms with Crippen molar-refractivity contribution < 1.29 is 9.47 Å². The van der Waals surface area contributed by atoms with Gasteiger partial charge in [0.1, 0.15) is 11.5 Å². The van der Waals surface area contributed by atoms with Gasteiger partial charge in [0.2, 0.25) is 4.38 Å². The highest BCUT2D eigenvalue weighted by Gasteiger charge is 2.08. The lowest BCUT2D eigenvalue weighted by Gasteiger charge is -2.11. The van der Waals surface area contributed by atoms with E-state index in [1.54, 1.807) is 0 Å². The van der Waals surface area contributed by atoms with E-state index in [1.165, 1.54) is 11.8 Å². The molecule has 0 atom stereocenters. The smallest absolute Gasteiger partial charge is 0.224 e. The van der Waals surface area contributed by atoms with E-state index in [1.807, 2.05) is 61.5 Å². The molecule has 0 bridgehead atoms. The number of hydrogen-bond acceptors (Lipinski definition) is 4. The molecule has 19 heavy (non-hydrogen) atoms. The first-order valence-corrected chi connectivity index (χ1v) is 7.18. The predicted molar refractivity (Wildman–Crippen MR) is 83.0 cm³/mol. The Balaban J connectivity index is 2.14. The van der Waals surface area contributed by atoms with Crippen LogP contribution in [0.2, 0.25) is 0 Å². The Bertz CT molecular complexity index is 541. The van der Waals surface area contributed by atoms with Crippen LogP contribution in [0.1, 0.15) is 6.92 Å². The third-order valence-electron chi connectivity index (χ3n) is 2.28. The summed E-state index contributed by atoms with van der Waals surface area (Å²) in [4.78, 5) is 0.949. The fourth-order valence-electron chi connectivity index (χ4n) is 1.47. The normalized spacial score (nSPS) is 9.95. The quantitative estimate of drug-likeness (QED) is 0.589. The van der Waals surface area contributed by atoms with Crippen LogP contribution in [0.25, 0.3) is 0 Å². The zero-order valence-electron chi connectivity index (χ0n) is 10.5. The number of thiocarbonyl (C=S) groups is 1. The van der Waals surface area contributed by atoms with Crippen LogP contribution in [0.3, 0.4) is 0 Å². The number of thioether (sulfide) groups is 1. The Labute approximate surface area is 122 Å². The van der Waals surface area contributed by atoms with E-state index in [2.05, 4.69) is 0 Å². The summed E-state index contributed by atoms with van der Waals surface area (Å²) in [6.07, 6.45) is 0. The van der Waals surface area contributed by atoms with Crippen molar-refractivity contribution >= 4 is 28.4 Å². The molecule has 0 amide bonds. The lowest BCUT2D eigenvalue weighted by Crippen LogP contribution is -1.96. The van der Waals surface area contributed by atoms with Gasteiger partial charge in [-0.3, -0.25) is 0 Å². The van der Waals surface area contributed by atoms with Gasteiger partial charge >= 0.3 is 0 Å². The molecule has 4 heteroatoms. The van der Waals surface area contributed by atoms with E-state index in [9.17, 15) is 0 Å². The largest absolute Gasteiger partial charge is 0.479 e. The number of ether oxygens (including phenoxy) is 2. The fourth-order valence-corrected chi connectivity index (χ4v) is 2.57. The molecule has 0 aliphatic rings. The van der Waals surface area contributed by atoms with E-state index >= 15 is 0 Å². The molecular weight excluding hydrogens is 276 g/mol. The summed E-state index contributed by atoms with van der Waals surface area (Å²) in [6.45, 7) is 2.49. The number of benzene rings is 2. The van der Waals surface area contributed by atoms with Crippen LogP contribution in [0.15, 0.2) is 59.5 Å². The minimum atomic E-state index is 0.506. The molecule has 0 aliphatic heterocycles. The molecule has 0 fully saturated rings. The maximum atomic E-state index is 5.85. The monoisotopic (exact) mass is 290 g/mol. The summed E-state index contributed by atoms with van der Waals surface area (Å²) in [6, 6.07) is 17.5.